The Morgan fingerprint density at radius 1 is 1.07 bits per heavy atom. The number of amides is 3. The SMILES string of the molecule is O=C(CCC1Cc2ccccc2NC1=O)NCC(=O)Nc1ccccc1Br. The van der Waals surface area contributed by atoms with Crippen LogP contribution in [0.25, 0.3) is 0 Å². The minimum Gasteiger partial charge on any atom is -0.347 e. The van der Waals surface area contributed by atoms with Crippen LogP contribution in [-0.2, 0) is 20.8 Å². The lowest BCUT2D eigenvalue weighted by molar-refractivity contribution is -0.125. The molecule has 0 aromatic heterocycles. The van der Waals surface area contributed by atoms with Crippen molar-refractivity contribution in [2.24, 2.45) is 5.92 Å². The molecular weight excluding hydrogens is 410 g/mol. The number of carbonyl (C=O) groups is 3. The Morgan fingerprint density at radius 2 is 1.81 bits per heavy atom. The van der Waals surface area contributed by atoms with Gasteiger partial charge >= 0.3 is 0 Å². The maximum Gasteiger partial charge on any atom is 0.243 e. The molecule has 1 atom stereocenters. The molecule has 1 heterocycles. The third-order valence-electron chi connectivity index (χ3n) is 4.43. The van der Waals surface area contributed by atoms with Crippen molar-refractivity contribution in [2.75, 3.05) is 17.2 Å². The van der Waals surface area contributed by atoms with Crippen LogP contribution in [0.15, 0.2) is 53.0 Å². The van der Waals surface area contributed by atoms with Crippen molar-refractivity contribution >= 4 is 45.0 Å². The first-order valence-electron chi connectivity index (χ1n) is 8.73. The topological polar surface area (TPSA) is 87.3 Å². The lowest BCUT2D eigenvalue weighted by atomic mass is 9.89. The normalized spacial score (nSPS) is 15.4. The predicted octanol–water partition coefficient (Wildman–Crippen LogP) is 3.10. The van der Waals surface area contributed by atoms with Crippen molar-refractivity contribution in [2.45, 2.75) is 19.3 Å². The molecule has 1 aliphatic rings. The fourth-order valence-corrected chi connectivity index (χ4v) is 3.36. The highest BCUT2D eigenvalue weighted by Gasteiger charge is 2.26. The van der Waals surface area contributed by atoms with Gasteiger partial charge in [-0.05, 0) is 52.5 Å². The van der Waals surface area contributed by atoms with Gasteiger partial charge in [0, 0.05) is 22.5 Å². The molecule has 0 saturated carbocycles. The zero-order valence-electron chi connectivity index (χ0n) is 14.6. The van der Waals surface area contributed by atoms with Crippen LogP contribution >= 0.6 is 15.9 Å². The minimum atomic E-state index is -0.306. The van der Waals surface area contributed by atoms with Crippen LogP contribution in [0.1, 0.15) is 18.4 Å². The molecule has 6 nitrogen and oxygen atoms in total. The summed E-state index contributed by atoms with van der Waals surface area (Å²) in [6.07, 6.45) is 1.26. The summed E-state index contributed by atoms with van der Waals surface area (Å²) < 4.78 is 0.772. The second-order valence-electron chi connectivity index (χ2n) is 6.39. The van der Waals surface area contributed by atoms with Gasteiger partial charge in [-0.1, -0.05) is 30.3 Å². The number of halogens is 1. The monoisotopic (exact) mass is 429 g/mol. The van der Waals surface area contributed by atoms with Crippen molar-refractivity contribution in [3.8, 4) is 0 Å². The number of benzene rings is 2. The van der Waals surface area contributed by atoms with Crippen LogP contribution in [0.4, 0.5) is 11.4 Å². The smallest absolute Gasteiger partial charge is 0.243 e. The van der Waals surface area contributed by atoms with E-state index >= 15 is 0 Å². The molecule has 0 saturated heterocycles. The number of para-hydroxylation sites is 2. The van der Waals surface area contributed by atoms with Gasteiger partial charge in [0.2, 0.25) is 17.7 Å². The van der Waals surface area contributed by atoms with Gasteiger partial charge in [-0.15, -0.1) is 0 Å². The number of carbonyl (C=O) groups excluding carboxylic acids is 3. The van der Waals surface area contributed by atoms with Gasteiger partial charge in [0.15, 0.2) is 0 Å². The third kappa shape index (κ3) is 5.17. The molecule has 27 heavy (non-hydrogen) atoms. The van der Waals surface area contributed by atoms with E-state index in [1.807, 2.05) is 42.5 Å². The molecule has 1 aliphatic heterocycles. The maximum absolute atomic E-state index is 12.2. The zero-order chi connectivity index (χ0) is 19.2. The number of anilines is 2. The van der Waals surface area contributed by atoms with Crippen molar-refractivity contribution in [1.29, 1.82) is 0 Å². The fraction of sp³-hybridized carbons (Fsp3) is 0.250. The van der Waals surface area contributed by atoms with Crippen molar-refractivity contribution in [3.05, 3.63) is 58.6 Å². The summed E-state index contributed by atoms with van der Waals surface area (Å²) in [4.78, 5) is 36.1. The van der Waals surface area contributed by atoms with Crippen LogP contribution in [0.3, 0.4) is 0 Å². The summed E-state index contributed by atoms with van der Waals surface area (Å²) in [7, 11) is 0. The lowest BCUT2D eigenvalue weighted by Crippen LogP contribution is -2.34. The molecule has 0 fully saturated rings. The molecule has 0 aliphatic carbocycles. The average Bonchev–Trinajstić information content (AvgIpc) is 2.66. The van der Waals surface area contributed by atoms with Crippen LogP contribution < -0.4 is 16.0 Å². The Balaban J connectivity index is 1.43. The maximum atomic E-state index is 12.2. The highest BCUT2D eigenvalue weighted by atomic mass is 79.9. The molecule has 0 spiro atoms. The number of hydrogen-bond acceptors (Lipinski definition) is 3. The summed E-state index contributed by atoms with van der Waals surface area (Å²) in [5.74, 6) is -0.851. The average molecular weight is 430 g/mol. The molecule has 2 aromatic carbocycles. The lowest BCUT2D eigenvalue weighted by Gasteiger charge is -2.24. The molecule has 1 unspecified atom stereocenters. The molecule has 3 amide bonds. The number of fused-ring (bicyclic) bond motifs is 1. The molecule has 7 heteroatoms. The summed E-state index contributed by atoms with van der Waals surface area (Å²) in [6.45, 7) is -0.111. The Morgan fingerprint density at radius 3 is 2.63 bits per heavy atom. The second-order valence-corrected chi connectivity index (χ2v) is 7.25. The second kappa shape index (κ2) is 8.81. The molecule has 2 aromatic rings. The van der Waals surface area contributed by atoms with Crippen molar-refractivity contribution in [1.82, 2.24) is 5.32 Å². The Labute approximate surface area is 165 Å². The summed E-state index contributed by atoms with van der Waals surface area (Å²) >= 11 is 3.35. The van der Waals surface area contributed by atoms with Crippen molar-refractivity contribution in [3.63, 3.8) is 0 Å². The summed E-state index contributed by atoms with van der Waals surface area (Å²) in [6, 6.07) is 14.9. The van der Waals surface area contributed by atoms with Gasteiger partial charge in [0.1, 0.15) is 0 Å². The van der Waals surface area contributed by atoms with Crippen LogP contribution in [0.5, 0.6) is 0 Å². The first kappa shape index (κ1) is 19.1. The molecule has 3 N–H and O–H groups in total. The molecule has 3 rings (SSSR count). The quantitative estimate of drug-likeness (QED) is 0.658. The van der Waals surface area contributed by atoms with E-state index in [-0.39, 0.29) is 36.6 Å². The molecule has 140 valence electrons. The van der Waals surface area contributed by atoms with E-state index in [2.05, 4.69) is 31.9 Å². The molecular formula is C20H20BrN3O3. The van der Waals surface area contributed by atoms with Gasteiger partial charge in [-0.3, -0.25) is 14.4 Å². The van der Waals surface area contributed by atoms with E-state index in [0.29, 0.717) is 18.5 Å². The molecule has 0 bridgehead atoms. The minimum absolute atomic E-state index is 0.0619. The number of hydrogen-bond donors (Lipinski definition) is 3. The first-order chi connectivity index (χ1) is 13.0. The first-order valence-corrected chi connectivity index (χ1v) is 9.52. The van der Waals surface area contributed by atoms with Crippen molar-refractivity contribution < 1.29 is 14.4 Å². The van der Waals surface area contributed by atoms with Gasteiger partial charge in [0.25, 0.3) is 0 Å². The fourth-order valence-electron chi connectivity index (χ4n) is 2.98. The standard InChI is InChI=1S/C20H20BrN3O3/c21-15-6-2-4-8-17(15)23-19(26)12-22-18(25)10-9-14-11-13-5-1-3-7-16(13)24-20(14)27/h1-8,14H,9-12H2,(H,22,25)(H,23,26)(H,24,27). The highest BCUT2D eigenvalue weighted by molar-refractivity contribution is 9.10. The van der Waals surface area contributed by atoms with Crippen LogP contribution in [0, 0.1) is 5.92 Å². The van der Waals surface area contributed by atoms with E-state index in [1.54, 1.807) is 6.07 Å². The van der Waals surface area contributed by atoms with E-state index in [4.69, 9.17) is 0 Å². The predicted molar refractivity (Wildman–Crippen MR) is 107 cm³/mol. The number of rotatable bonds is 6. The largest absolute Gasteiger partial charge is 0.347 e. The van der Waals surface area contributed by atoms with Gasteiger partial charge < -0.3 is 16.0 Å². The van der Waals surface area contributed by atoms with Gasteiger partial charge in [-0.25, -0.2) is 0 Å². The number of nitrogens with one attached hydrogen (secondary N) is 3. The Kier molecular flexibility index (Phi) is 6.24. The van der Waals surface area contributed by atoms with E-state index in [9.17, 15) is 14.4 Å². The van der Waals surface area contributed by atoms with Crippen LogP contribution in [0.2, 0.25) is 0 Å². The summed E-state index contributed by atoms with van der Waals surface area (Å²) in [5, 5.41) is 8.20. The van der Waals surface area contributed by atoms with Crippen LogP contribution in [-0.4, -0.2) is 24.3 Å². The van der Waals surface area contributed by atoms with Gasteiger partial charge in [0.05, 0.1) is 12.2 Å². The third-order valence-corrected chi connectivity index (χ3v) is 5.12. The Bertz CT molecular complexity index is 869. The Hall–Kier alpha value is -2.67. The molecule has 0 radical (unpaired) electrons. The van der Waals surface area contributed by atoms with E-state index < -0.39 is 0 Å². The van der Waals surface area contributed by atoms with Gasteiger partial charge in [-0.2, -0.15) is 0 Å². The zero-order valence-corrected chi connectivity index (χ0v) is 16.2. The van der Waals surface area contributed by atoms with E-state index in [1.165, 1.54) is 0 Å². The summed E-state index contributed by atoms with van der Waals surface area (Å²) in [5.41, 5.74) is 2.57. The van der Waals surface area contributed by atoms with E-state index in [0.717, 1.165) is 15.7 Å². The highest BCUT2D eigenvalue weighted by Crippen LogP contribution is 2.27.